The molecule has 0 fully saturated rings. The normalized spacial score (nSPS) is 10.3. The van der Waals surface area contributed by atoms with Crippen LogP contribution in [0.2, 0.25) is 0 Å². The first kappa shape index (κ1) is 12.3. The van der Waals surface area contributed by atoms with Crippen molar-refractivity contribution in [3.8, 4) is 5.69 Å². The molecule has 1 aromatic heterocycles. The first-order valence-electron chi connectivity index (χ1n) is 5.84. The number of nitrogens with zero attached hydrogens (tertiary/aromatic N) is 2. The molecule has 5 nitrogen and oxygen atoms in total. The van der Waals surface area contributed by atoms with Crippen LogP contribution in [0.5, 0.6) is 0 Å². The van der Waals surface area contributed by atoms with Crippen LogP contribution in [0.4, 0.5) is 0 Å². The molecule has 0 saturated carbocycles. The quantitative estimate of drug-likeness (QED) is 0.766. The van der Waals surface area contributed by atoms with E-state index in [1.165, 1.54) is 0 Å². The summed E-state index contributed by atoms with van der Waals surface area (Å²) in [6.45, 7) is 1.35. The summed E-state index contributed by atoms with van der Waals surface area (Å²) in [6.07, 6.45) is 3.30. The summed E-state index contributed by atoms with van der Waals surface area (Å²) in [5, 5.41) is 9.96. The summed E-state index contributed by atoms with van der Waals surface area (Å²) in [6, 6.07) is 9.69. The molecular formula is C13H16N4O. The van der Waals surface area contributed by atoms with Crippen LogP contribution in [0.25, 0.3) is 5.69 Å². The van der Waals surface area contributed by atoms with Crippen LogP contribution < -0.4 is 10.6 Å². The molecule has 2 N–H and O–H groups in total. The molecule has 1 aromatic carbocycles. The van der Waals surface area contributed by atoms with Crippen LogP contribution in [0.15, 0.2) is 42.7 Å². The van der Waals surface area contributed by atoms with Gasteiger partial charge in [-0.3, -0.25) is 4.79 Å². The Hall–Kier alpha value is -2.14. The van der Waals surface area contributed by atoms with Crippen molar-refractivity contribution in [1.82, 2.24) is 20.4 Å². The van der Waals surface area contributed by atoms with E-state index in [-0.39, 0.29) is 5.91 Å². The van der Waals surface area contributed by atoms with Crippen molar-refractivity contribution in [2.75, 3.05) is 20.1 Å². The van der Waals surface area contributed by atoms with Crippen molar-refractivity contribution in [3.63, 3.8) is 0 Å². The van der Waals surface area contributed by atoms with Crippen LogP contribution in [-0.2, 0) is 0 Å². The van der Waals surface area contributed by atoms with E-state index in [2.05, 4.69) is 15.7 Å². The third-order valence-electron chi connectivity index (χ3n) is 2.53. The fourth-order valence-electron chi connectivity index (χ4n) is 1.57. The van der Waals surface area contributed by atoms with Gasteiger partial charge in [0.25, 0.3) is 5.91 Å². The second kappa shape index (κ2) is 5.97. The van der Waals surface area contributed by atoms with Gasteiger partial charge in [-0.2, -0.15) is 5.10 Å². The van der Waals surface area contributed by atoms with Gasteiger partial charge in [-0.1, -0.05) is 18.2 Å². The molecule has 2 rings (SSSR count). The molecule has 1 heterocycles. The Labute approximate surface area is 106 Å². The molecule has 0 atom stereocenters. The Balaban J connectivity index is 2.04. The summed E-state index contributed by atoms with van der Waals surface area (Å²) in [5.74, 6) is -0.104. The first-order valence-corrected chi connectivity index (χ1v) is 5.84. The average molecular weight is 244 g/mol. The summed E-state index contributed by atoms with van der Waals surface area (Å²) in [5.41, 5.74) is 1.50. The van der Waals surface area contributed by atoms with Gasteiger partial charge in [0, 0.05) is 19.3 Å². The monoisotopic (exact) mass is 244 g/mol. The number of para-hydroxylation sites is 1. The van der Waals surface area contributed by atoms with E-state index in [1.54, 1.807) is 17.1 Å². The lowest BCUT2D eigenvalue weighted by Gasteiger charge is -2.02. The lowest BCUT2D eigenvalue weighted by atomic mass is 10.3. The highest BCUT2D eigenvalue weighted by molar-refractivity contribution is 5.93. The largest absolute Gasteiger partial charge is 0.351 e. The van der Waals surface area contributed by atoms with Gasteiger partial charge in [0.05, 0.1) is 17.4 Å². The molecule has 0 unspecified atom stereocenters. The minimum atomic E-state index is -0.104. The van der Waals surface area contributed by atoms with Crippen molar-refractivity contribution < 1.29 is 4.79 Å². The van der Waals surface area contributed by atoms with E-state index in [0.29, 0.717) is 12.1 Å². The zero-order chi connectivity index (χ0) is 12.8. The highest BCUT2D eigenvalue weighted by Gasteiger charge is 2.08. The topological polar surface area (TPSA) is 58.9 Å². The molecular weight excluding hydrogens is 228 g/mol. The number of benzene rings is 1. The molecule has 2 aromatic rings. The van der Waals surface area contributed by atoms with Crippen LogP contribution in [-0.4, -0.2) is 35.8 Å². The molecule has 0 aliphatic carbocycles. The summed E-state index contributed by atoms with van der Waals surface area (Å²) in [7, 11) is 1.85. The Bertz CT molecular complexity index is 507. The maximum atomic E-state index is 11.8. The Morgan fingerprint density at radius 1 is 1.28 bits per heavy atom. The van der Waals surface area contributed by atoms with Crippen molar-refractivity contribution >= 4 is 5.91 Å². The summed E-state index contributed by atoms with van der Waals surface area (Å²) >= 11 is 0. The molecule has 0 aliphatic heterocycles. The van der Waals surface area contributed by atoms with Crippen LogP contribution in [0.3, 0.4) is 0 Å². The number of nitrogens with one attached hydrogen (secondary N) is 2. The molecule has 0 spiro atoms. The Kier molecular flexibility index (Phi) is 4.09. The molecule has 0 bridgehead atoms. The van der Waals surface area contributed by atoms with Crippen LogP contribution in [0.1, 0.15) is 10.4 Å². The number of amides is 1. The van der Waals surface area contributed by atoms with E-state index in [9.17, 15) is 4.79 Å². The second-order valence-electron chi connectivity index (χ2n) is 3.87. The first-order chi connectivity index (χ1) is 8.81. The lowest BCUT2D eigenvalue weighted by Crippen LogP contribution is -2.30. The minimum absolute atomic E-state index is 0.104. The van der Waals surface area contributed by atoms with E-state index < -0.39 is 0 Å². The van der Waals surface area contributed by atoms with Gasteiger partial charge in [-0.05, 0) is 19.2 Å². The van der Waals surface area contributed by atoms with Gasteiger partial charge in [0.2, 0.25) is 0 Å². The van der Waals surface area contributed by atoms with Gasteiger partial charge in [-0.25, -0.2) is 4.68 Å². The standard InChI is InChI=1S/C13H16N4O/c1-14-7-8-15-13(18)11-9-16-17(10-11)12-5-3-2-4-6-12/h2-6,9-10,14H,7-8H2,1H3,(H,15,18). The fraction of sp³-hybridized carbons (Fsp3) is 0.231. The van der Waals surface area contributed by atoms with Gasteiger partial charge in [0.1, 0.15) is 0 Å². The van der Waals surface area contributed by atoms with Crippen LogP contribution >= 0.6 is 0 Å². The minimum Gasteiger partial charge on any atom is -0.351 e. The molecule has 1 amide bonds. The smallest absolute Gasteiger partial charge is 0.254 e. The molecule has 5 heteroatoms. The third-order valence-corrected chi connectivity index (χ3v) is 2.53. The SMILES string of the molecule is CNCCNC(=O)c1cnn(-c2ccccc2)c1. The third kappa shape index (κ3) is 2.95. The Morgan fingerprint density at radius 3 is 2.78 bits per heavy atom. The number of aromatic nitrogens is 2. The predicted octanol–water partition coefficient (Wildman–Crippen LogP) is 0.821. The number of hydrogen-bond acceptors (Lipinski definition) is 3. The lowest BCUT2D eigenvalue weighted by molar-refractivity contribution is 0.0954. The van der Waals surface area contributed by atoms with E-state index in [0.717, 1.165) is 12.2 Å². The van der Waals surface area contributed by atoms with E-state index in [1.807, 2.05) is 37.4 Å². The van der Waals surface area contributed by atoms with E-state index >= 15 is 0 Å². The Morgan fingerprint density at radius 2 is 2.06 bits per heavy atom. The van der Waals surface area contributed by atoms with Crippen LogP contribution in [0, 0.1) is 0 Å². The second-order valence-corrected chi connectivity index (χ2v) is 3.87. The highest BCUT2D eigenvalue weighted by atomic mass is 16.1. The molecule has 0 aliphatic rings. The average Bonchev–Trinajstić information content (AvgIpc) is 2.89. The van der Waals surface area contributed by atoms with Gasteiger partial charge < -0.3 is 10.6 Å². The predicted molar refractivity (Wildman–Crippen MR) is 69.8 cm³/mol. The molecule has 18 heavy (non-hydrogen) atoms. The summed E-state index contributed by atoms with van der Waals surface area (Å²) < 4.78 is 1.69. The number of likely N-dealkylation sites (N-methyl/N-ethyl adjacent to an activating group) is 1. The van der Waals surface area contributed by atoms with E-state index in [4.69, 9.17) is 0 Å². The van der Waals surface area contributed by atoms with Gasteiger partial charge in [-0.15, -0.1) is 0 Å². The van der Waals surface area contributed by atoms with Crippen molar-refractivity contribution in [2.24, 2.45) is 0 Å². The van der Waals surface area contributed by atoms with Crippen molar-refractivity contribution in [3.05, 3.63) is 48.3 Å². The fourth-order valence-corrected chi connectivity index (χ4v) is 1.57. The molecule has 0 saturated heterocycles. The summed E-state index contributed by atoms with van der Waals surface area (Å²) in [4.78, 5) is 11.8. The number of hydrogen-bond donors (Lipinski definition) is 2. The zero-order valence-corrected chi connectivity index (χ0v) is 10.3. The number of carbonyl (C=O) groups is 1. The van der Waals surface area contributed by atoms with Gasteiger partial charge in [0.15, 0.2) is 0 Å². The maximum Gasteiger partial charge on any atom is 0.254 e. The maximum absolute atomic E-state index is 11.8. The molecule has 0 radical (unpaired) electrons. The zero-order valence-electron chi connectivity index (χ0n) is 10.3. The number of carbonyl (C=O) groups excluding carboxylic acids is 1. The van der Waals surface area contributed by atoms with Crippen molar-refractivity contribution in [1.29, 1.82) is 0 Å². The highest BCUT2D eigenvalue weighted by Crippen LogP contribution is 2.07. The van der Waals surface area contributed by atoms with Crippen molar-refractivity contribution in [2.45, 2.75) is 0 Å². The molecule has 94 valence electrons. The van der Waals surface area contributed by atoms with Gasteiger partial charge >= 0.3 is 0 Å². The number of rotatable bonds is 5.